The Labute approximate surface area is 118 Å². The van der Waals surface area contributed by atoms with Gasteiger partial charge in [-0.15, -0.1) is 0 Å². The molecule has 0 unspecified atom stereocenters. The van der Waals surface area contributed by atoms with Crippen LogP contribution in [-0.4, -0.2) is 4.98 Å². The molecular weight excluding hydrogens is 242 g/mol. The minimum absolute atomic E-state index is 1.03. The van der Waals surface area contributed by atoms with Gasteiger partial charge in [-0.05, 0) is 53.8 Å². The maximum Gasteiger partial charge on any atom is 0.0702 e. The van der Waals surface area contributed by atoms with Crippen LogP contribution in [0.3, 0.4) is 0 Å². The summed E-state index contributed by atoms with van der Waals surface area (Å²) in [6.45, 7) is 2.16. The Morgan fingerprint density at radius 1 is 0.850 bits per heavy atom. The fourth-order valence-corrected chi connectivity index (χ4v) is 3.03. The summed E-state index contributed by atoms with van der Waals surface area (Å²) in [5.74, 6) is 0. The number of hydrogen-bond acceptors (Lipinski definition) is 1. The van der Waals surface area contributed by atoms with E-state index in [0.29, 0.717) is 0 Å². The van der Waals surface area contributed by atoms with Crippen molar-refractivity contribution in [2.45, 2.75) is 13.3 Å². The summed E-state index contributed by atoms with van der Waals surface area (Å²) in [5, 5.41) is 0. The molecule has 0 spiro atoms. The van der Waals surface area contributed by atoms with Crippen LogP contribution in [0, 0.1) is 6.92 Å². The van der Waals surface area contributed by atoms with Gasteiger partial charge in [0.15, 0.2) is 0 Å². The van der Waals surface area contributed by atoms with Crippen molar-refractivity contribution in [2.75, 3.05) is 0 Å². The van der Waals surface area contributed by atoms with Crippen LogP contribution in [0.15, 0.2) is 60.8 Å². The predicted molar refractivity (Wildman–Crippen MR) is 82.7 cm³/mol. The van der Waals surface area contributed by atoms with Crippen molar-refractivity contribution >= 4 is 0 Å². The molecule has 2 aromatic carbocycles. The normalized spacial score (nSPS) is 12.1. The summed E-state index contributed by atoms with van der Waals surface area (Å²) >= 11 is 0. The lowest BCUT2D eigenvalue weighted by Crippen LogP contribution is -1.85. The first-order valence-electron chi connectivity index (χ1n) is 6.95. The summed E-state index contributed by atoms with van der Waals surface area (Å²) < 4.78 is 0. The molecule has 0 fully saturated rings. The van der Waals surface area contributed by atoms with Crippen molar-refractivity contribution in [1.29, 1.82) is 0 Å². The molecule has 0 saturated carbocycles. The maximum absolute atomic E-state index is 4.44. The Morgan fingerprint density at radius 3 is 2.45 bits per heavy atom. The number of hydrogen-bond donors (Lipinski definition) is 0. The van der Waals surface area contributed by atoms with Gasteiger partial charge in [-0.1, -0.05) is 42.0 Å². The summed E-state index contributed by atoms with van der Waals surface area (Å²) in [6.07, 6.45) is 2.88. The molecule has 4 rings (SSSR count). The average Bonchev–Trinajstić information content (AvgIpc) is 2.84. The average molecular weight is 257 g/mol. The summed E-state index contributed by atoms with van der Waals surface area (Å²) in [6, 6.07) is 19.5. The first-order valence-corrected chi connectivity index (χ1v) is 6.95. The van der Waals surface area contributed by atoms with Crippen LogP contribution in [0.2, 0.25) is 0 Å². The molecule has 1 heterocycles. The largest absolute Gasteiger partial charge is 0.256 e. The second kappa shape index (κ2) is 4.31. The molecule has 96 valence electrons. The molecule has 1 nitrogen and oxygen atoms in total. The van der Waals surface area contributed by atoms with Crippen molar-refractivity contribution in [2.24, 2.45) is 0 Å². The number of pyridine rings is 1. The highest BCUT2D eigenvalue weighted by Gasteiger charge is 2.18. The lowest BCUT2D eigenvalue weighted by Gasteiger charge is -2.05. The highest BCUT2D eigenvalue weighted by Crippen LogP contribution is 2.38. The smallest absolute Gasteiger partial charge is 0.0702 e. The number of fused-ring (bicyclic) bond motifs is 3. The Hall–Kier alpha value is -2.41. The Kier molecular flexibility index (Phi) is 2.46. The fourth-order valence-electron chi connectivity index (χ4n) is 3.03. The predicted octanol–water partition coefficient (Wildman–Crippen LogP) is 4.63. The molecule has 3 aromatic rings. The number of nitrogens with zero attached hydrogens (tertiary/aromatic N) is 1. The highest BCUT2D eigenvalue weighted by molar-refractivity contribution is 5.79. The number of aryl methyl sites for hydroxylation is 1. The van der Waals surface area contributed by atoms with Gasteiger partial charge in [0, 0.05) is 11.8 Å². The first-order chi connectivity index (χ1) is 9.81. The molecule has 1 aliphatic rings. The summed E-state index contributed by atoms with van der Waals surface area (Å²) in [5.41, 5.74) is 9.20. The number of benzene rings is 2. The van der Waals surface area contributed by atoms with E-state index in [-0.39, 0.29) is 0 Å². The molecule has 0 amide bonds. The summed E-state index contributed by atoms with van der Waals surface area (Å²) in [7, 11) is 0. The quantitative estimate of drug-likeness (QED) is 0.484. The first kappa shape index (κ1) is 11.4. The molecule has 0 radical (unpaired) electrons. The van der Waals surface area contributed by atoms with E-state index in [1.807, 2.05) is 18.3 Å². The monoisotopic (exact) mass is 257 g/mol. The van der Waals surface area contributed by atoms with Crippen LogP contribution in [0.5, 0.6) is 0 Å². The van der Waals surface area contributed by atoms with Crippen molar-refractivity contribution in [3.05, 3.63) is 77.5 Å². The third-order valence-electron chi connectivity index (χ3n) is 4.00. The van der Waals surface area contributed by atoms with E-state index in [2.05, 4.69) is 54.4 Å². The number of rotatable bonds is 1. The van der Waals surface area contributed by atoms with E-state index in [9.17, 15) is 0 Å². The van der Waals surface area contributed by atoms with E-state index in [1.165, 1.54) is 33.4 Å². The number of aromatic nitrogens is 1. The van der Waals surface area contributed by atoms with Crippen molar-refractivity contribution in [3.8, 4) is 22.4 Å². The highest BCUT2D eigenvalue weighted by atomic mass is 14.7. The zero-order valence-electron chi connectivity index (χ0n) is 11.4. The molecule has 1 aromatic heterocycles. The van der Waals surface area contributed by atoms with Gasteiger partial charge in [0.1, 0.15) is 0 Å². The van der Waals surface area contributed by atoms with Gasteiger partial charge in [-0.3, -0.25) is 4.98 Å². The van der Waals surface area contributed by atoms with Gasteiger partial charge < -0.3 is 0 Å². The van der Waals surface area contributed by atoms with Crippen LogP contribution in [0.1, 0.15) is 16.7 Å². The molecule has 1 aliphatic carbocycles. The Morgan fingerprint density at radius 2 is 1.65 bits per heavy atom. The van der Waals surface area contributed by atoms with Crippen molar-refractivity contribution < 1.29 is 0 Å². The van der Waals surface area contributed by atoms with Crippen LogP contribution in [-0.2, 0) is 6.42 Å². The van der Waals surface area contributed by atoms with E-state index in [4.69, 9.17) is 0 Å². The van der Waals surface area contributed by atoms with Crippen LogP contribution in [0.25, 0.3) is 22.4 Å². The molecule has 0 N–H and O–H groups in total. The van der Waals surface area contributed by atoms with Gasteiger partial charge in [0.05, 0.1) is 5.69 Å². The third-order valence-corrected chi connectivity index (χ3v) is 4.00. The van der Waals surface area contributed by atoms with E-state index >= 15 is 0 Å². The molecule has 0 aliphatic heterocycles. The Bertz CT molecular complexity index is 788. The van der Waals surface area contributed by atoms with Crippen molar-refractivity contribution in [3.63, 3.8) is 0 Å². The second-order valence-corrected chi connectivity index (χ2v) is 5.42. The molecule has 1 heteroatoms. The van der Waals surface area contributed by atoms with Gasteiger partial charge in [-0.25, -0.2) is 0 Å². The minimum atomic E-state index is 1.03. The lowest BCUT2D eigenvalue weighted by atomic mass is 10.0. The lowest BCUT2D eigenvalue weighted by molar-refractivity contribution is 1.24. The van der Waals surface area contributed by atoms with E-state index in [0.717, 1.165) is 12.1 Å². The molecule has 0 bridgehead atoms. The van der Waals surface area contributed by atoms with Gasteiger partial charge in [-0.2, -0.15) is 0 Å². The zero-order chi connectivity index (χ0) is 13.5. The maximum atomic E-state index is 4.44. The molecular formula is C19H15N. The van der Waals surface area contributed by atoms with Crippen LogP contribution >= 0.6 is 0 Å². The van der Waals surface area contributed by atoms with E-state index < -0.39 is 0 Å². The standard InChI is InChI=1S/C19H15N/c1-13-5-7-17-15(10-13)12-16-11-14(6-8-18(16)17)19-4-2-3-9-20-19/h2-11H,12H2,1H3. The minimum Gasteiger partial charge on any atom is -0.256 e. The second-order valence-electron chi connectivity index (χ2n) is 5.42. The van der Waals surface area contributed by atoms with Crippen molar-refractivity contribution in [1.82, 2.24) is 4.98 Å². The third kappa shape index (κ3) is 1.75. The van der Waals surface area contributed by atoms with Crippen LogP contribution < -0.4 is 0 Å². The molecule has 0 atom stereocenters. The Balaban J connectivity index is 1.82. The van der Waals surface area contributed by atoms with Crippen LogP contribution in [0.4, 0.5) is 0 Å². The fraction of sp³-hybridized carbons (Fsp3) is 0.105. The summed E-state index contributed by atoms with van der Waals surface area (Å²) in [4.78, 5) is 4.44. The van der Waals surface area contributed by atoms with Gasteiger partial charge in [0.2, 0.25) is 0 Å². The van der Waals surface area contributed by atoms with Gasteiger partial charge >= 0.3 is 0 Å². The SMILES string of the molecule is Cc1ccc2c(c1)Cc1cc(-c3ccccn3)ccc1-2. The topological polar surface area (TPSA) is 12.9 Å². The molecule has 20 heavy (non-hydrogen) atoms. The molecule has 0 saturated heterocycles. The van der Waals surface area contributed by atoms with Gasteiger partial charge in [0.25, 0.3) is 0 Å². The zero-order valence-corrected chi connectivity index (χ0v) is 11.4. The van der Waals surface area contributed by atoms with E-state index in [1.54, 1.807) is 0 Å².